The van der Waals surface area contributed by atoms with Crippen molar-refractivity contribution in [3.05, 3.63) is 41.0 Å². The van der Waals surface area contributed by atoms with E-state index in [0.29, 0.717) is 24.0 Å². The molecule has 6 heteroatoms. The van der Waals surface area contributed by atoms with E-state index in [2.05, 4.69) is 0 Å². The lowest BCUT2D eigenvalue weighted by atomic mass is 9.84. The number of nitriles is 1. The minimum absolute atomic E-state index is 0.0769. The van der Waals surface area contributed by atoms with E-state index in [4.69, 9.17) is 10.00 Å². The van der Waals surface area contributed by atoms with Gasteiger partial charge < -0.3 is 4.74 Å². The number of rotatable bonds is 1. The van der Waals surface area contributed by atoms with E-state index < -0.39 is 23.3 Å². The Morgan fingerprint density at radius 1 is 1.14 bits per heavy atom. The van der Waals surface area contributed by atoms with Gasteiger partial charge >= 0.3 is 12.1 Å². The molecule has 114 valence electrons. The molecule has 3 rings (SSSR count). The summed E-state index contributed by atoms with van der Waals surface area (Å²) in [6.45, 7) is 0. The second-order valence-electron chi connectivity index (χ2n) is 5.53. The number of benzene rings is 1. The van der Waals surface area contributed by atoms with Crippen molar-refractivity contribution >= 4 is 11.5 Å². The number of carbonyl (C=O) groups is 1. The molecule has 0 atom stereocenters. The summed E-state index contributed by atoms with van der Waals surface area (Å²) >= 11 is 0. The second kappa shape index (κ2) is 4.87. The van der Waals surface area contributed by atoms with Crippen LogP contribution in [0.5, 0.6) is 0 Å². The molecule has 0 unspecified atom stereocenters. The number of nitrogens with zero attached hydrogens (tertiary/aromatic N) is 1. The van der Waals surface area contributed by atoms with Crippen LogP contribution in [0.1, 0.15) is 36.8 Å². The van der Waals surface area contributed by atoms with Crippen molar-refractivity contribution < 1.29 is 22.7 Å². The summed E-state index contributed by atoms with van der Waals surface area (Å²) in [6, 6.07) is 7.70. The molecule has 1 aliphatic carbocycles. The van der Waals surface area contributed by atoms with Crippen molar-refractivity contribution in [2.45, 2.75) is 37.5 Å². The molecule has 1 spiro atoms. The van der Waals surface area contributed by atoms with Gasteiger partial charge in [-0.1, -0.05) is 12.1 Å². The molecule has 2 aliphatic rings. The number of alkyl halides is 3. The third-order valence-corrected chi connectivity index (χ3v) is 4.20. The Morgan fingerprint density at radius 3 is 2.23 bits per heavy atom. The summed E-state index contributed by atoms with van der Waals surface area (Å²) in [6.07, 6.45) is -2.52. The lowest BCUT2D eigenvalue weighted by Gasteiger charge is -2.26. The number of carbonyl (C=O) groups excluding carboxylic acids is 1. The highest BCUT2D eigenvalue weighted by Gasteiger charge is 2.57. The van der Waals surface area contributed by atoms with Gasteiger partial charge in [0.1, 0.15) is 11.2 Å². The molecule has 1 aliphatic heterocycles. The predicted molar refractivity (Wildman–Crippen MR) is 71.4 cm³/mol. The van der Waals surface area contributed by atoms with Gasteiger partial charge in [0.05, 0.1) is 11.6 Å². The first-order valence-electron chi connectivity index (χ1n) is 6.93. The van der Waals surface area contributed by atoms with Gasteiger partial charge in [-0.25, -0.2) is 4.79 Å². The maximum Gasteiger partial charge on any atom is 0.423 e. The zero-order valence-electron chi connectivity index (χ0n) is 11.5. The first-order chi connectivity index (χ1) is 10.4. The van der Waals surface area contributed by atoms with Gasteiger partial charge in [0, 0.05) is 5.57 Å². The molecular weight excluding hydrogens is 295 g/mol. The fraction of sp³-hybridized carbons (Fsp3) is 0.375. The first kappa shape index (κ1) is 14.6. The summed E-state index contributed by atoms with van der Waals surface area (Å²) in [5.41, 5.74) is -1.82. The van der Waals surface area contributed by atoms with E-state index in [0.717, 1.165) is 12.8 Å². The average Bonchev–Trinajstić information content (AvgIpc) is 3.03. The van der Waals surface area contributed by atoms with Gasteiger partial charge in [-0.2, -0.15) is 18.4 Å². The van der Waals surface area contributed by atoms with E-state index in [1.54, 1.807) is 0 Å². The summed E-state index contributed by atoms with van der Waals surface area (Å²) in [4.78, 5) is 11.8. The van der Waals surface area contributed by atoms with Crippen LogP contribution in [-0.2, 0) is 9.53 Å². The standard InChI is InChI=1S/C16H12F3NO2/c17-16(18,19)13-12(11-5-3-10(9-20)4-6-11)15(22-14(13)21)7-1-2-8-15/h3-6H,1-2,7-8H2. The van der Waals surface area contributed by atoms with Crippen molar-refractivity contribution in [3.8, 4) is 6.07 Å². The lowest BCUT2D eigenvalue weighted by Crippen LogP contribution is -2.27. The van der Waals surface area contributed by atoms with Crippen LogP contribution in [0.15, 0.2) is 29.8 Å². The topological polar surface area (TPSA) is 50.1 Å². The quantitative estimate of drug-likeness (QED) is 0.743. The van der Waals surface area contributed by atoms with Crippen molar-refractivity contribution in [1.82, 2.24) is 0 Å². The molecule has 1 heterocycles. The van der Waals surface area contributed by atoms with Gasteiger partial charge in [-0.05, 0) is 43.4 Å². The highest BCUT2D eigenvalue weighted by atomic mass is 19.4. The second-order valence-corrected chi connectivity index (χ2v) is 5.53. The number of hydrogen-bond acceptors (Lipinski definition) is 3. The van der Waals surface area contributed by atoms with Crippen molar-refractivity contribution in [2.24, 2.45) is 0 Å². The maximum absolute atomic E-state index is 13.3. The molecule has 22 heavy (non-hydrogen) atoms. The molecule has 0 radical (unpaired) electrons. The van der Waals surface area contributed by atoms with Gasteiger partial charge in [0.25, 0.3) is 0 Å². The van der Waals surface area contributed by atoms with E-state index >= 15 is 0 Å². The van der Waals surface area contributed by atoms with Gasteiger partial charge in [0.15, 0.2) is 0 Å². The van der Waals surface area contributed by atoms with Crippen molar-refractivity contribution in [2.75, 3.05) is 0 Å². The Kier molecular flexibility index (Phi) is 3.24. The Morgan fingerprint density at radius 2 is 1.73 bits per heavy atom. The van der Waals surface area contributed by atoms with Crippen LogP contribution in [0.4, 0.5) is 13.2 Å². The Hall–Kier alpha value is -2.29. The summed E-state index contributed by atoms with van der Waals surface area (Å²) in [7, 11) is 0. The third-order valence-electron chi connectivity index (χ3n) is 4.20. The molecule has 1 fully saturated rings. The van der Waals surface area contributed by atoms with Crippen LogP contribution in [0, 0.1) is 11.3 Å². The van der Waals surface area contributed by atoms with E-state index in [-0.39, 0.29) is 5.57 Å². The van der Waals surface area contributed by atoms with Gasteiger partial charge in [0.2, 0.25) is 0 Å². The van der Waals surface area contributed by atoms with E-state index in [1.165, 1.54) is 24.3 Å². The summed E-state index contributed by atoms with van der Waals surface area (Å²) in [5.74, 6) is -1.30. The van der Waals surface area contributed by atoms with Crippen molar-refractivity contribution in [1.29, 1.82) is 5.26 Å². The number of halogens is 3. The van der Waals surface area contributed by atoms with Crippen molar-refractivity contribution in [3.63, 3.8) is 0 Å². The highest BCUT2D eigenvalue weighted by molar-refractivity contribution is 6.05. The largest absolute Gasteiger partial charge is 0.451 e. The van der Waals surface area contributed by atoms with Gasteiger partial charge in [-0.3, -0.25) is 0 Å². The summed E-state index contributed by atoms with van der Waals surface area (Å²) in [5, 5.41) is 8.80. The number of hydrogen-bond donors (Lipinski definition) is 0. The van der Waals surface area contributed by atoms with E-state index in [1.807, 2.05) is 6.07 Å². The SMILES string of the molecule is N#Cc1ccc(C2=C(C(F)(F)F)C(=O)OC23CCCC3)cc1. The lowest BCUT2D eigenvalue weighted by molar-refractivity contribution is -0.153. The molecule has 3 nitrogen and oxygen atoms in total. The molecule has 0 bridgehead atoms. The van der Waals surface area contributed by atoms with Gasteiger partial charge in [-0.15, -0.1) is 0 Å². The molecule has 1 saturated carbocycles. The zero-order chi connectivity index (χ0) is 16.0. The van der Waals surface area contributed by atoms with Crippen LogP contribution in [0.25, 0.3) is 5.57 Å². The highest BCUT2D eigenvalue weighted by Crippen LogP contribution is 2.52. The smallest absolute Gasteiger partial charge is 0.423 e. The Bertz CT molecular complexity index is 690. The molecular formula is C16H12F3NO2. The predicted octanol–water partition coefficient (Wildman–Crippen LogP) is 3.74. The van der Waals surface area contributed by atoms with Crippen LogP contribution in [-0.4, -0.2) is 17.7 Å². The van der Waals surface area contributed by atoms with Crippen LogP contribution in [0.3, 0.4) is 0 Å². The summed E-state index contributed by atoms with van der Waals surface area (Å²) < 4.78 is 45.1. The van der Waals surface area contributed by atoms with Crippen LogP contribution >= 0.6 is 0 Å². The number of ether oxygens (including phenoxy) is 1. The molecule has 1 aromatic rings. The molecule has 1 aromatic carbocycles. The first-order valence-corrected chi connectivity index (χ1v) is 6.93. The average molecular weight is 307 g/mol. The normalized spacial score (nSPS) is 20.4. The molecule has 0 amide bonds. The fourth-order valence-electron chi connectivity index (χ4n) is 3.28. The van der Waals surface area contributed by atoms with Crippen LogP contribution in [0.2, 0.25) is 0 Å². The van der Waals surface area contributed by atoms with E-state index in [9.17, 15) is 18.0 Å². The minimum atomic E-state index is -4.76. The minimum Gasteiger partial charge on any atom is -0.451 e. The zero-order valence-corrected chi connectivity index (χ0v) is 11.5. The molecule has 0 N–H and O–H groups in total. The Labute approximate surface area is 125 Å². The molecule has 0 saturated heterocycles. The third kappa shape index (κ3) is 2.17. The van der Waals surface area contributed by atoms with Crippen LogP contribution < -0.4 is 0 Å². The monoisotopic (exact) mass is 307 g/mol. The molecule has 0 aromatic heterocycles. The fourth-order valence-corrected chi connectivity index (χ4v) is 3.28. The maximum atomic E-state index is 13.3. The Balaban J connectivity index is 2.21. The number of esters is 1.